The third kappa shape index (κ3) is 2.82. The van der Waals surface area contributed by atoms with Gasteiger partial charge in [-0.1, -0.05) is 19.1 Å². The average molecular weight is 336 g/mol. The summed E-state index contributed by atoms with van der Waals surface area (Å²) in [5.74, 6) is 0.0256. The van der Waals surface area contributed by atoms with E-state index < -0.39 is 22.9 Å². The first-order valence-corrected chi connectivity index (χ1v) is 7.04. The fourth-order valence-corrected chi connectivity index (χ4v) is 2.38. The van der Waals surface area contributed by atoms with Crippen molar-refractivity contribution in [3.8, 4) is 11.4 Å². The average Bonchev–Trinajstić information content (AvgIpc) is 2.52. The zero-order valence-electron chi connectivity index (χ0n) is 12.4. The van der Waals surface area contributed by atoms with Gasteiger partial charge in [-0.25, -0.2) is 4.79 Å². The van der Waals surface area contributed by atoms with Crippen molar-refractivity contribution in [3.05, 3.63) is 62.2 Å². The van der Waals surface area contributed by atoms with E-state index in [1.54, 1.807) is 6.92 Å². The molecule has 5 nitrogen and oxygen atoms in total. The minimum atomic E-state index is -4.45. The number of H-pyrrole nitrogens is 1. The number of benzene rings is 1. The van der Waals surface area contributed by atoms with Gasteiger partial charge in [-0.15, -0.1) is 0 Å². The molecule has 0 amide bonds. The Balaban J connectivity index is 2.18. The summed E-state index contributed by atoms with van der Waals surface area (Å²) in [6, 6.07) is 5.37. The van der Waals surface area contributed by atoms with E-state index in [1.807, 2.05) is 0 Å². The molecular weight excluding hydrogens is 325 g/mol. The molecule has 0 atom stereocenters. The number of aryl methyl sites for hydroxylation is 1. The quantitative estimate of drug-likeness (QED) is 0.780. The fourth-order valence-electron chi connectivity index (χ4n) is 2.38. The predicted molar refractivity (Wildman–Crippen MR) is 80.7 cm³/mol. The van der Waals surface area contributed by atoms with Gasteiger partial charge >= 0.3 is 11.8 Å². The van der Waals surface area contributed by atoms with Crippen LogP contribution < -0.4 is 11.2 Å². The first-order valence-electron chi connectivity index (χ1n) is 7.04. The lowest BCUT2D eigenvalue weighted by Crippen LogP contribution is -2.14. The summed E-state index contributed by atoms with van der Waals surface area (Å²) in [6.45, 7) is 1.78. The summed E-state index contributed by atoms with van der Waals surface area (Å²) >= 11 is 0. The molecule has 0 radical (unpaired) electrons. The van der Waals surface area contributed by atoms with Gasteiger partial charge in [0.25, 0.3) is 5.56 Å². The molecule has 3 rings (SSSR count). The Morgan fingerprint density at radius 3 is 2.42 bits per heavy atom. The van der Waals surface area contributed by atoms with E-state index in [-0.39, 0.29) is 22.5 Å². The molecule has 24 heavy (non-hydrogen) atoms. The van der Waals surface area contributed by atoms with Crippen LogP contribution in [-0.2, 0) is 12.6 Å². The molecular formula is C16H11F3N2O3. The number of alkyl halides is 3. The second kappa shape index (κ2) is 5.63. The van der Waals surface area contributed by atoms with Gasteiger partial charge in [0, 0.05) is 11.6 Å². The third-order valence-corrected chi connectivity index (χ3v) is 3.56. The second-order valence-corrected chi connectivity index (χ2v) is 5.11. The van der Waals surface area contributed by atoms with Gasteiger partial charge in [0.1, 0.15) is 11.2 Å². The lowest BCUT2D eigenvalue weighted by molar-refractivity contribution is -0.137. The van der Waals surface area contributed by atoms with Crippen LogP contribution in [0.4, 0.5) is 13.2 Å². The normalized spacial score (nSPS) is 11.8. The minimum absolute atomic E-state index is 0.0256. The summed E-state index contributed by atoms with van der Waals surface area (Å²) < 4.78 is 42.8. The maximum absolute atomic E-state index is 12.6. The van der Waals surface area contributed by atoms with Crippen molar-refractivity contribution in [3.63, 3.8) is 0 Å². The number of halogens is 3. The summed E-state index contributed by atoms with van der Waals surface area (Å²) in [7, 11) is 0. The smallest absolute Gasteiger partial charge is 0.403 e. The molecule has 3 aromatic rings. The van der Waals surface area contributed by atoms with E-state index in [0.29, 0.717) is 12.0 Å². The number of hydrogen-bond donors (Lipinski definition) is 1. The standard InChI is InChI=1S/C16H11F3N2O3/c1-2-8-7-11(22)24-15-12(8)14(23)20-13(21-15)9-3-5-10(6-4-9)16(17,18)19/h3-7H,2H2,1H3,(H,20,21,23). The number of aromatic nitrogens is 2. The molecule has 0 saturated carbocycles. The zero-order valence-corrected chi connectivity index (χ0v) is 12.4. The van der Waals surface area contributed by atoms with Crippen molar-refractivity contribution in [2.24, 2.45) is 0 Å². The molecule has 0 aliphatic rings. The van der Waals surface area contributed by atoms with Crippen LogP contribution in [0.15, 0.2) is 44.3 Å². The first kappa shape index (κ1) is 16.0. The highest BCUT2D eigenvalue weighted by atomic mass is 19.4. The Bertz CT molecular complexity index is 1020. The van der Waals surface area contributed by atoms with E-state index in [2.05, 4.69) is 9.97 Å². The number of aromatic amines is 1. The molecule has 1 N–H and O–H groups in total. The molecule has 2 heterocycles. The van der Waals surface area contributed by atoms with Crippen LogP contribution >= 0.6 is 0 Å². The number of nitrogens with one attached hydrogen (secondary N) is 1. The fraction of sp³-hybridized carbons (Fsp3) is 0.188. The van der Waals surface area contributed by atoms with Crippen LogP contribution in [0.1, 0.15) is 18.1 Å². The number of fused-ring (bicyclic) bond motifs is 1. The van der Waals surface area contributed by atoms with Crippen LogP contribution in [-0.4, -0.2) is 9.97 Å². The number of rotatable bonds is 2. The van der Waals surface area contributed by atoms with Crippen molar-refractivity contribution < 1.29 is 17.6 Å². The summed E-state index contributed by atoms with van der Waals surface area (Å²) in [5, 5.41) is 0.160. The van der Waals surface area contributed by atoms with Gasteiger partial charge in [0.2, 0.25) is 5.71 Å². The highest BCUT2D eigenvalue weighted by Crippen LogP contribution is 2.30. The van der Waals surface area contributed by atoms with E-state index in [1.165, 1.54) is 18.2 Å². The SMILES string of the molecule is CCc1cc(=O)oc2nc(-c3ccc(C(F)(F)F)cc3)[nH]c(=O)c12. The molecule has 2 aromatic heterocycles. The van der Waals surface area contributed by atoms with Gasteiger partial charge in [0.15, 0.2) is 0 Å². The molecule has 0 saturated heterocycles. The van der Waals surface area contributed by atoms with Crippen molar-refractivity contribution in [1.29, 1.82) is 0 Å². The van der Waals surface area contributed by atoms with Crippen molar-refractivity contribution >= 4 is 11.1 Å². The van der Waals surface area contributed by atoms with Crippen LogP contribution in [0.2, 0.25) is 0 Å². The Morgan fingerprint density at radius 1 is 1.17 bits per heavy atom. The van der Waals surface area contributed by atoms with E-state index in [4.69, 9.17) is 4.42 Å². The van der Waals surface area contributed by atoms with Gasteiger partial charge in [-0.05, 0) is 24.1 Å². The van der Waals surface area contributed by atoms with Crippen molar-refractivity contribution in [2.75, 3.05) is 0 Å². The molecule has 0 unspecified atom stereocenters. The van der Waals surface area contributed by atoms with E-state index in [9.17, 15) is 22.8 Å². The largest absolute Gasteiger partial charge is 0.416 e. The predicted octanol–water partition coefficient (Wildman–Crippen LogP) is 3.12. The monoisotopic (exact) mass is 336 g/mol. The Hall–Kier alpha value is -2.90. The maximum Gasteiger partial charge on any atom is 0.416 e. The highest BCUT2D eigenvalue weighted by Gasteiger charge is 2.30. The lowest BCUT2D eigenvalue weighted by Gasteiger charge is -2.08. The maximum atomic E-state index is 12.6. The van der Waals surface area contributed by atoms with Gasteiger partial charge in [0.05, 0.1) is 5.56 Å². The Morgan fingerprint density at radius 2 is 1.83 bits per heavy atom. The summed E-state index contributed by atoms with van der Waals surface area (Å²) in [5.41, 5.74) is -1.35. The highest BCUT2D eigenvalue weighted by molar-refractivity contribution is 5.77. The molecule has 0 spiro atoms. The van der Waals surface area contributed by atoms with Crippen LogP contribution in [0.25, 0.3) is 22.5 Å². The summed E-state index contributed by atoms with van der Waals surface area (Å²) in [4.78, 5) is 30.4. The molecule has 1 aromatic carbocycles. The van der Waals surface area contributed by atoms with Crippen molar-refractivity contribution in [2.45, 2.75) is 19.5 Å². The third-order valence-electron chi connectivity index (χ3n) is 3.56. The molecule has 0 aliphatic heterocycles. The first-order chi connectivity index (χ1) is 11.3. The Kier molecular flexibility index (Phi) is 3.75. The molecule has 0 bridgehead atoms. The molecule has 8 heteroatoms. The van der Waals surface area contributed by atoms with Crippen LogP contribution in [0, 0.1) is 0 Å². The summed E-state index contributed by atoms with van der Waals surface area (Å²) in [6.07, 6.45) is -4.02. The zero-order chi connectivity index (χ0) is 17.5. The van der Waals surface area contributed by atoms with E-state index >= 15 is 0 Å². The van der Waals surface area contributed by atoms with Crippen molar-refractivity contribution in [1.82, 2.24) is 9.97 Å². The molecule has 0 fully saturated rings. The Labute approximate surface area is 132 Å². The van der Waals surface area contributed by atoms with Crippen LogP contribution in [0.3, 0.4) is 0 Å². The molecule has 124 valence electrons. The lowest BCUT2D eigenvalue weighted by atomic mass is 10.1. The van der Waals surface area contributed by atoms with Gasteiger partial charge in [-0.2, -0.15) is 18.2 Å². The number of nitrogens with zero attached hydrogens (tertiary/aromatic N) is 1. The molecule has 0 aliphatic carbocycles. The van der Waals surface area contributed by atoms with E-state index in [0.717, 1.165) is 12.1 Å². The minimum Gasteiger partial charge on any atom is -0.403 e. The van der Waals surface area contributed by atoms with Crippen LogP contribution in [0.5, 0.6) is 0 Å². The van der Waals surface area contributed by atoms with Gasteiger partial charge in [-0.3, -0.25) is 4.79 Å². The number of hydrogen-bond acceptors (Lipinski definition) is 4. The van der Waals surface area contributed by atoms with Gasteiger partial charge < -0.3 is 9.40 Å². The second-order valence-electron chi connectivity index (χ2n) is 5.11. The topological polar surface area (TPSA) is 76.0 Å².